The summed E-state index contributed by atoms with van der Waals surface area (Å²) in [7, 11) is 0. The van der Waals surface area contributed by atoms with Crippen LogP contribution in [0.25, 0.3) is 11.1 Å². The van der Waals surface area contributed by atoms with Crippen molar-refractivity contribution in [3.05, 3.63) is 53.6 Å². The van der Waals surface area contributed by atoms with E-state index in [1.54, 1.807) is 4.90 Å². The Labute approximate surface area is 170 Å². The van der Waals surface area contributed by atoms with Gasteiger partial charge in [0.2, 0.25) is 11.8 Å². The summed E-state index contributed by atoms with van der Waals surface area (Å²) >= 11 is 0. The quantitative estimate of drug-likeness (QED) is 0.710. The molecule has 2 aromatic carbocycles. The Hall–Kier alpha value is -2.37. The third-order valence-corrected chi connectivity index (χ3v) is 6.02. The fraction of sp³-hybridized carbons (Fsp3) is 0.364. The van der Waals surface area contributed by atoms with Gasteiger partial charge in [0.1, 0.15) is 0 Å². The number of nitrogens with zero attached hydrogens (tertiary/aromatic N) is 1. The van der Waals surface area contributed by atoms with E-state index >= 15 is 0 Å². The van der Waals surface area contributed by atoms with Crippen LogP contribution in [0.5, 0.6) is 0 Å². The first kappa shape index (κ1) is 19.0. The van der Waals surface area contributed by atoms with Gasteiger partial charge in [0.05, 0.1) is 5.92 Å². The predicted molar refractivity (Wildman–Crippen MR) is 112 cm³/mol. The average Bonchev–Trinajstić information content (AvgIpc) is 3.20. The molecule has 28 heavy (non-hydrogen) atoms. The van der Waals surface area contributed by atoms with Crippen molar-refractivity contribution in [2.24, 2.45) is 11.8 Å². The first-order valence-corrected chi connectivity index (χ1v) is 9.69. The molecule has 5 nitrogen and oxygen atoms in total. The van der Waals surface area contributed by atoms with Crippen LogP contribution >= 0.6 is 12.4 Å². The average molecular weight is 398 g/mol. The summed E-state index contributed by atoms with van der Waals surface area (Å²) in [5.41, 5.74) is 6.04. The molecule has 0 radical (unpaired) electrons. The van der Waals surface area contributed by atoms with Gasteiger partial charge in [-0.2, -0.15) is 0 Å². The highest BCUT2D eigenvalue weighted by molar-refractivity contribution is 6.00. The molecular formula is C22H24ClN3O2. The molecule has 5 rings (SSSR count). The van der Waals surface area contributed by atoms with Crippen LogP contribution in [0.3, 0.4) is 0 Å². The molecule has 0 saturated carbocycles. The van der Waals surface area contributed by atoms with Crippen LogP contribution < -0.4 is 15.5 Å². The number of halogens is 1. The van der Waals surface area contributed by atoms with E-state index in [2.05, 4.69) is 47.0 Å². The third kappa shape index (κ3) is 3.29. The molecule has 6 heteroatoms. The second-order valence-electron chi connectivity index (χ2n) is 7.85. The molecule has 1 atom stereocenters. The van der Waals surface area contributed by atoms with E-state index in [-0.39, 0.29) is 30.1 Å². The highest BCUT2D eigenvalue weighted by Gasteiger charge is 2.36. The van der Waals surface area contributed by atoms with Gasteiger partial charge in [-0.25, -0.2) is 0 Å². The van der Waals surface area contributed by atoms with Crippen molar-refractivity contribution >= 4 is 29.9 Å². The fourth-order valence-corrected chi connectivity index (χ4v) is 4.31. The van der Waals surface area contributed by atoms with Gasteiger partial charge in [0.15, 0.2) is 0 Å². The minimum Gasteiger partial charge on any atom is -0.355 e. The van der Waals surface area contributed by atoms with Crippen molar-refractivity contribution in [3.8, 4) is 11.1 Å². The predicted octanol–water partition coefficient (Wildman–Crippen LogP) is 2.37. The standard InChI is InChI=1S/C22H23N3O2.ClH/c26-21-9-17(22(27)24-12-14-10-23-11-14)13-25(21)18-5-6-20-16(8-18)7-15-3-1-2-4-19(15)20;/h1-6,8,14,17,23H,7,9-13H2,(H,24,27);1H. The van der Waals surface area contributed by atoms with Crippen LogP contribution in [0.2, 0.25) is 0 Å². The topological polar surface area (TPSA) is 61.4 Å². The zero-order valence-corrected chi connectivity index (χ0v) is 16.4. The van der Waals surface area contributed by atoms with Gasteiger partial charge < -0.3 is 15.5 Å². The molecular weight excluding hydrogens is 374 g/mol. The van der Waals surface area contributed by atoms with Gasteiger partial charge in [-0.05, 0) is 40.8 Å². The number of fused-ring (bicyclic) bond motifs is 3. The number of carbonyl (C=O) groups is 2. The van der Waals surface area contributed by atoms with Gasteiger partial charge in [-0.1, -0.05) is 30.3 Å². The van der Waals surface area contributed by atoms with Crippen LogP contribution in [0.4, 0.5) is 5.69 Å². The van der Waals surface area contributed by atoms with Gasteiger partial charge >= 0.3 is 0 Å². The van der Waals surface area contributed by atoms with E-state index in [4.69, 9.17) is 0 Å². The van der Waals surface area contributed by atoms with E-state index in [9.17, 15) is 9.59 Å². The normalized spacial score (nSPS) is 20.2. The minimum absolute atomic E-state index is 0. The largest absolute Gasteiger partial charge is 0.355 e. The number of rotatable bonds is 4. The minimum atomic E-state index is -0.254. The monoisotopic (exact) mass is 397 g/mol. The molecule has 2 aromatic rings. The molecule has 2 heterocycles. The first-order valence-electron chi connectivity index (χ1n) is 9.69. The molecule has 2 fully saturated rings. The van der Waals surface area contributed by atoms with Crippen LogP contribution in [0.1, 0.15) is 17.5 Å². The molecule has 0 spiro atoms. The van der Waals surface area contributed by atoms with Crippen LogP contribution in [-0.2, 0) is 16.0 Å². The van der Waals surface area contributed by atoms with Crippen molar-refractivity contribution in [3.63, 3.8) is 0 Å². The lowest BCUT2D eigenvalue weighted by Crippen LogP contribution is -2.49. The smallest absolute Gasteiger partial charge is 0.227 e. The van der Waals surface area contributed by atoms with Crippen molar-refractivity contribution in [1.29, 1.82) is 0 Å². The molecule has 1 unspecified atom stereocenters. The number of hydrogen-bond acceptors (Lipinski definition) is 3. The third-order valence-electron chi connectivity index (χ3n) is 6.02. The van der Waals surface area contributed by atoms with Crippen molar-refractivity contribution < 1.29 is 9.59 Å². The SMILES string of the molecule is Cl.O=C(NCC1CNC1)C1CC(=O)N(c2ccc3c(c2)Cc2ccccc2-3)C1. The fourth-order valence-electron chi connectivity index (χ4n) is 4.31. The van der Waals surface area contributed by atoms with Crippen LogP contribution in [0, 0.1) is 11.8 Å². The number of anilines is 1. The Kier molecular flexibility index (Phi) is 5.13. The Bertz CT molecular complexity index is 926. The maximum absolute atomic E-state index is 12.5. The summed E-state index contributed by atoms with van der Waals surface area (Å²) in [6.45, 7) is 3.11. The molecule has 1 aliphatic carbocycles. The summed E-state index contributed by atoms with van der Waals surface area (Å²) < 4.78 is 0. The number of nitrogens with one attached hydrogen (secondary N) is 2. The van der Waals surface area contributed by atoms with Crippen LogP contribution in [-0.4, -0.2) is 38.0 Å². The van der Waals surface area contributed by atoms with E-state index < -0.39 is 0 Å². The second-order valence-corrected chi connectivity index (χ2v) is 7.85. The molecule has 146 valence electrons. The molecule has 0 aromatic heterocycles. The van der Waals surface area contributed by atoms with E-state index in [0.717, 1.165) is 25.2 Å². The van der Waals surface area contributed by atoms with Gasteiger partial charge in [0.25, 0.3) is 0 Å². The van der Waals surface area contributed by atoms with Crippen LogP contribution in [0.15, 0.2) is 42.5 Å². The van der Waals surface area contributed by atoms with Crippen molar-refractivity contribution in [2.75, 3.05) is 31.1 Å². The summed E-state index contributed by atoms with van der Waals surface area (Å²) in [5.74, 6) is 0.318. The molecule has 2 N–H and O–H groups in total. The lowest BCUT2D eigenvalue weighted by molar-refractivity contribution is -0.126. The van der Waals surface area contributed by atoms with Crippen molar-refractivity contribution in [1.82, 2.24) is 10.6 Å². The van der Waals surface area contributed by atoms with E-state index in [0.29, 0.717) is 25.4 Å². The lowest BCUT2D eigenvalue weighted by atomic mass is 10.0. The maximum atomic E-state index is 12.5. The lowest BCUT2D eigenvalue weighted by Gasteiger charge is -2.27. The highest BCUT2D eigenvalue weighted by atomic mass is 35.5. The Morgan fingerprint density at radius 3 is 2.68 bits per heavy atom. The number of benzene rings is 2. The van der Waals surface area contributed by atoms with E-state index in [1.807, 2.05) is 6.07 Å². The molecule has 0 bridgehead atoms. The molecule has 2 saturated heterocycles. The van der Waals surface area contributed by atoms with Gasteiger partial charge in [-0.3, -0.25) is 9.59 Å². The zero-order valence-electron chi connectivity index (χ0n) is 15.6. The first-order chi connectivity index (χ1) is 13.2. The van der Waals surface area contributed by atoms with Crippen molar-refractivity contribution in [2.45, 2.75) is 12.8 Å². The van der Waals surface area contributed by atoms with Gasteiger partial charge in [-0.15, -0.1) is 12.4 Å². The maximum Gasteiger partial charge on any atom is 0.227 e. The Morgan fingerprint density at radius 2 is 1.89 bits per heavy atom. The molecule has 2 aliphatic heterocycles. The van der Waals surface area contributed by atoms with Gasteiger partial charge in [0, 0.05) is 44.2 Å². The summed E-state index contributed by atoms with van der Waals surface area (Å²) in [5, 5.41) is 6.22. The number of carbonyl (C=O) groups excluding carboxylic acids is 2. The second kappa shape index (κ2) is 7.57. The molecule has 3 aliphatic rings. The summed E-state index contributed by atoms with van der Waals surface area (Å²) in [6.07, 6.45) is 1.20. The van der Waals surface area contributed by atoms with E-state index in [1.165, 1.54) is 22.3 Å². The number of hydrogen-bond donors (Lipinski definition) is 2. The zero-order chi connectivity index (χ0) is 18.4. The number of amides is 2. The summed E-state index contributed by atoms with van der Waals surface area (Å²) in [6, 6.07) is 14.7. The Balaban J connectivity index is 0.00000192. The molecule has 2 amide bonds. The Morgan fingerprint density at radius 1 is 1.11 bits per heavy atom. The highest BCUT2D eigenvalue weighted by Crippen LogP contribution is 2.39. The summed E-state index contributed by atoms with van der Waals surface area (Å²) in [4.78, 5) is 26.8.